The van der Waals surface area contributed by atoms with E-state index in [1.165, 1.54) is 0 Å². The Morgan fingerprint density at radius 3 is 2.08 bits per heavy atom. The van der Waals surface area contributed by atoms with E-state index in [0.29, 0.717) is 0 Å². The molecule has 0 aliphatic rings. The third-order valence-electron chi connectivity index (χ3n) is 6.32. The number of anilines is 3. The number of rotatable bonds is 7. The zero-order chi connectivity index (χ0) is 26.2. The fourth-order valence-corrected chi connectivity index (χ4v) is 4.50. The smallest absolute Gasteiger partial charge is 0.145 e. The summed E-state index contributed by atoms with van der Waals surface area (Å²) in [6, 6.07) is 41.8. The normalized spacial score (nSPS) is 11.3. The first-order chi connectivity index (χ1) is 18.8. The van der Waals surface area contributed by atoms with Crippen LogP contribution in [0.4, 0.5) is 17.2 Å². The van der Waals surface area contributed by atoms with Crippen LogP contribution >= 0.6 is 0 Å². The van der Waals surface area contributed by atoms with Gasteiger partial charge in [-0.05, 0) is 71.7 Å². The van der Waals surface area contributed by atoms with Crippen molar-refractivity contribution in [3.63, 3.8) is 0 Å². The van der Waals surface area contributed by atoms with Crippen LogP contribution in [0.5, 0.6) is 0 Å². The molecule has 5 aromatic rings. The van der Waals surface area contributed by atoms with Crippen LogP contribution < -0.4 is 4.90 Å². The Balaban J connectivity index is 1.72. The Bertz CT molecular complexity index is 1620. The van der Waals surface area contributed by atoms with Gasteiger partial charge in [-0.1, -0.05) is 103 Å². The standard InChI is InChI=1S/C36H28N2/c1-3-5-15-28(4-2)31-20-12-22-33(26-31)38(34-23-13-21-32(27-34)29-16-8-6-9-17-29)36-35(24-14-25-37-36)30-18-10-7-11-19-30/h2-3,5-27H,1H3/b5-3-,28-15+. The predicted molar refractivity (Wildman–Crippen MR) is 161 cm³/mol. The minimum atomic E-state index is 0.826. The third-order valence-corrected chi connectivity index (χ3v) is 6.32. The van der Waals surface area contributed by atoms with Crippen molar-refractivity contribution in [1.29, 1.82) is 0 Å². The van der Waals surface area contributed by atoms with E-state index in [0.717, 1.165) is 50.6 Å². The summed E-state index contributed by atoms with van der Waals surface area (Å²) in [6.07, 6.45) is 13.7. The quantitative estimate of drug-likeness (QED) is 0.167. The van der Waals surface area contributed by atoms with E-state index < -0.39 is 0 Å². The molecule has 5 rings (SSSR count). The topological polar surface area (TPSA) is 16.1 Å². The van der Waals surface area contributed by atoms with Crippen molar-refractivity contribution in [2.24, 2.45) is 0 Å². The molecule has 38 heavy (non-hydrogen) atoms. The summed E-state index contributed by atoms with van der Waals surface area (Å²) in [5.41, 5.74) is 8.24. The van der Waals surface area contributed by atoms with Gasteiger partial charge < -0.3 is 0 Å². The van der Waals surface area contributed by atoms with Gasteiger partial charge in [-0.3, -0.25) is 4.90 Å². The Hall–Kier alpha value is -5.13. The molecule has 0 aliphatic carbocycles. The highest BCUT2D eigenvalue weighted by Gasteiger charge is 2.19. The number of hydrogen-bond acceptors (Lipinski definition) is 2. The molecule has 0 fully saturated rings. The van der Waals surface area contributed by atoms with Crippen molar-refractivity contribution in [2.45, 2.75) is 6.92 Å². The van der Waals surface area contributed by atoms with Crippen LogP contribution in [0.2, 0.25) is 0 Å². The van der Waals surface area contributed by atoms with E-state index in [4.69, 9.17) is 11.4 Å². The van der Waals surface area contributed by atoms with Crippen LogP contribution in [-0.4, -0.2) is 4.98 Å². The van der Waals surface area contributed by atoms with Crippen molar-refractivity contribution in [1.82, 2.24) is 4.98 Å². The molecule has 1 aromatic heterocycles. The Morgan fingerprint density at radius 2 is 1.37 bits per heavy atom. The molecule has 182 valence electrons. The molecule has 0 aliphatic heterocycles. The van der Waals surface area contributed by atoms with Crippen molar-refractivity contribution >= 4 is 22.8 Å². The van der Waals surface area contributed by atoms with E-state index in [-0.39, 0.29) is 0 Å². The maximum absolute atomic E-state index is 5.90. The van der Waals surface area contributed by atoms with Gasteiger partial charge in [0.05, 0.1) is 0 Å². The van der Waals surface area contributed by atoms with E-state index in [9.17, 15) is 0 Å². The first-order valence-corrected chi connectivity index (χ1v) is 12.6. The van der Waals surface area contributed by atoms with E-state index in [2.05, 4.69) is 102 Å². The second-order valence-corrected chi connectivity index (χ2v) is 8.79. The molecule has 0 atom stereocenters. The summed E-state index contributed by atoms with van der Waals surface area (Å²) in [7, 11) is 0. The molecule has 4 aromatic carbocycles. The highest BCUT2D eigenvalue weighted by molar-refractivity contribution is 5.88. The van der Waals surface area contributed by atoms with Crippen LogP contribution in [0, 0.1) is 12.3 Å². The number of aromatic nitrogens is 1. The van der Waals surface area contributed by atoms with E-state index in [1.807, 2.05) is 61.7 Å². The van der Waals surface area contributed by atoms with Crippen LogP contribution in [-0.2, 0) is 0 Å². The van der Waals surface area contributed by atoms with Crippen molar-refractivity contribution in [3.8, 4) is 34.6 Å². The number of pyridine rings is 1. The first kappa shape index (κ1) is 24.6. The Kier molecular flexibility index (Phi) is 7.59. The second kappa shape index (κ2) is 11.7. The SMILES string of the molecule is C#C/C(=C\C=C/C)c1cccc(N(c2cccc(-c3ccccc3)c2)c2ncccc2-c2ccccc2)c1. The molecule has 1 heterocycles. The van der Waals surface area contributed by atoms with Crippen LogP contribution in [0.1, 0.15) is 12.5 Å². The first-order valence-electron chi connectivity index (χ1n) is 12.6. The van der Waals surface area contributed by atoms with E-state index >= 15 is 0 Å². The lowest BCUT2D eigenvalue weighted by Gasteiger charge is -2.27. The highest BCUT2D eigenvalue weighted by Crippen LogP contribution is 2.40. The molecule has 0 amide bonds. The maximum atomic E-state index is 5.90. The molecule has 0 bridgehead atoms. The minimum Gasteiger partial charge on any atom is -0.295 e. The summed E-state index contributed by atoms with van der Waals surface area (Å²) >= 11 is 0. The average Bonchev–Trinajstić information content (AvgIpc) is 2.99. The number of terminal acetylenes is 1. The van der Waals surface area contributed by atoms with Gasteiger partial charge in [-0.15, -0.1) is 6.42 Å². The summed E-state index contributed by atoms with van der Waals surface area (Å²) in [5, 5.41) is 0. The summed E-state index contributed by atoms with van der Waals surface area (Å²) in [6.45, 7) is 1.98. The molecule has 0 N–H and O–H groups in total. The molecular weight excluding hydrogens is 460 g/mol. The van der Waals surface area contributed by atoms with Gasteiger partial charge in [-0.25, -0.2) is 4.98 Å². The van der Waals surface area contributed by atoms with Gasteiger partial charge >= 0.3 is 0 Å². The number of hydrogen-bond donors (Lipinski definition) is 0. The fourth-order valence-electron chi connectivity index (χ4n) is 4.50. The van der Waals surface area contributed by atoms with Gasteiger partial charge in [0.25, 0.3) is 0 Å². The molecule has 0 saturated carbocycles. The molecule has 0 spiro atoms. The number of nitrogens with zero attached hydrogens (tertiary/aromatic N) is 2. The van der Waals surface area contributed by atoms with Gasteiger partial charge in [0, 0.05) is 28.7 Å². The fraction of sp³-hybridized carbons (Fsp3) is 0.0278. The lowest BCUT2D eigenvalue weighted by atomic mass is 10.0. The number of allylic oxidation sites excluding steroid dienone is 4. The van der Waals surface area contributed by atoms with Gasteiger partial charge in [0.2, 0.25) is 0 Å². The predicted octanol–water partition coefficient (Wildman–Crippen LogP) is 9.48. The molecule has 0 radical (unpaired) electrons. The molecule has 0 saturated heterocycles. The lowest BCUT2D eigenvalue weighted by molar-refractivity contribution is 1.18. The van der Waals surface area contributed by atoms with Crippen molar-refractivity contribution in [2.75, 3.05) is 4.90 Å². The van der Waals surface area contributed by atoms with Gasteiger partial charge in [0.1, 0.15) is 5.82 Å². The summed E-state index contributed by atoms with van der Waals surface area (Å²) < 4.78 is 0. The third kappa shape index (κ3) is 5.33. The summed E-state index contributed by atoms with van der Waals surface area (Å²) in [5.74, 6) is 3.69. The average molecular weight is 489 g/mol. The van der Waals surface area contributed by atoms with Crippen LogP contribution in [0.15, 0.2) is 146 Å². The molecule has 2 nitrogen and oxygen atoms in total. The molecule has 2 heteroatoms. The maximum Gasteiger partial charge on any atom is 0.145 e. The van der Waals surface area contributed by atoms with Gasteiger partial charge in [-0.2, -0.15) is 0 Å². The lowest BCUT2D eigenvalue weighted by Crippen LogP contribution is -2.13. The van der Waals surface area contributed by atoms with Crippen molar-refractivity contribution < 1.29 is 0 Å². The molecule has 0 unspecified atom stereocenters. The number of benzene rings is 4. The largest absolute Gasteiger partial charge is 0.295 e. The Labute approximate surface area is 225 Å². The highest BCUT2D eigenvalue weighted by atomic mass is 15.2. The van der Waals surface area contributed by atoms with Crippen LogP contribution in [0.3, 0.4) is 0 Å². The van der Waals surface area contributed by atoms with Gasteiger partial charge in [0.15, 0.2) is 0 Å². The zero-order valence-corrected chi connectivity index (χ0v) is 21.3. The zero-order valence-electron chi connectivity index (χ0n) is 21.3. The molecular formula is C36H28N2. The van der Waals surface area contributed by atoms with Crippen molar-refractivity contribution in [3.05, 3.63) is 151 Å². The van der Waals surface area contributed by atoms with Crippen LogP contribution in [0.25, 0.3) is 27.8 Å². The monoisotopic (exact) mass is 488 g/mol. The summed E-state index contributed by atoms with van der Waals surface area (Å²) in [4.78, 5) is 7.13. The minimum absolute atomic E-state index is 0.826. The second-order valence-electron chi connectivity index (χ2n) is 8.79. The van der Waals surface area contributed by atoms with E-state index in [1.54, 1.807) is 0 Å². The Morgan fingerprint density at radius 1 is 0.711 bits per heavy atom.